The van der Waals surface area contributed by atoms with Crippen molar-refractivity contribution < 1.29 is 9.53 Å². The Labute approximate surface area is 100 Å². The summed E-state index contributed by atoms with van der Waals surface area (Å²) in [5.41, 5.74) is 6.13. The van der Waals surface area contributed by atoms with Crippen molar-refractivity contribution in [2.24, 2.45) is 0 Å². The number of anilines is 1. The van der Waals surface area contributed by atoms with Crippen LogP contribution in [0.25, 0.3) is 0 Å². The molecule has 1 saturated heterocycles. The van der Waals surface area contributed by atoms with Gasteiger partial charge < -0.3 is 15.8 Å². The van der Waals surface area contributed by atoms with Crippen molar-refractivity contribution >= 4 is 11.6 Å². The quantitative estimate of drug-likeness (QED) is 0.800. The van der Waals surface area contributed by atoms with Crippen LogP contribution in [0.3, 0.4) is 0 Å². The summed E-state index contributed by atoms with van der Waals surface area (Å²) in [6.45, 7) is 4.62. The van der Waals surface area contributed by atoms with Crippen molar-refractivity contribution in [1.29, 1.82) is 0 Å². The summed E-state index contributed by atoms with van der Waals surface area (Å²) in [6.07, 6.45) is 2.31. The molecule has 5 nitrogen and oxygen atoms in total. The van der Waals surface area contributed by atoms with Crippen LogP contribution >= 0.6 is 0 Å². The number of hydrogen-bond donors (Lipinski definition) is 2. The summed E-state index contributed by atoms with van der Waals surface area (Å²) < 4.78 is 5.47. The van der Waals surface area contributed by atoms with Crippen molar-refractivity contribution in [3.8, 4) is 0 Å². The Morgan fingerprint density at radius 1 is 1.65 bits per heavy atom. The topological polar surface area (TPSA) is 77.2 Å². The Morgan fingerprint density at radius 3 is 2.94 bits per heavy atom. The van der Waals surface area contributed by atoms with E-state index in [1.54, 1.807) is 12.1 Å². The fourth-order valence-electron chi connectivity index (χ4n) is 1.86. The highest BCUT2D eigenvalue weighted by atomic mass is 16.5. The summed E-state index contributed by atoms with van der Waals surface area (Å²) in [5, 5.41) is 2.97. The maximum atomic E-state index is 12.0. The van der Waals surface area contributed by atoms with Gasteiger partial charge >= 0.3 is 0 Å². The summed E-state index contributed by atoms with van der Waals surface area (Å²) >= 11 is 0. The predicted octanol–water partition coefficient (Wildman–Crippen LogP) is 0.961. The molecule has 1 aliphatic heterocycles. The van der Waals surface area contributed by atoms with Crippen LogP contribution in [0.2, 0.25) is 0 Å². The van der Waals surface area contributed by atoms with E-state index in [2.05, 4.69) is 10.3 Å². The summed E-state index contributed by atoms with van der Waals surface area (Å²) in [5.74, 6) is -0.190. The van der Waals surface area contributed by atoms with Gasteiger partial charge in [0.15, 0.2) is 0 Å². The van der Waals surface area contributed by atoms with Crippen LogP contribution in [-0.4, -0.2) is 29.1 Å². The molecule has 1 aromatic heterocycles. The first-order valence-electron chi connectivity index (χ1n) is 5.67. The second-order valence-electron chi connectivity index (χ2n) is 4.61. The number of ether oxygens (including phenoxy) is 1. The summed E-state index contributed by atoms with van der Waals surface area (Å²) in [6, 6.07) is 3.29. The molecule has 0 radical (unpaired) electrons. The first kappa shape index (κ1) is 11.9. The fraction of sp³-hybridized carbons (Fsp3) is 0.500. The lowest BCUT2D eigenvalue weighted by Crippen LogP contribution is -2.50. The van der Waals surface area contributed by atoms with Crippen LogP contribution in [0, 0.1) is 0 Å². The van der Waals surface area contributed by atoms with Crippen molar-refractivity contribution in [1.82, 2.24) is 10.3 Å². The number of rotatable bonds is 2. The summed E-state index contributed by atoms with van der Waals surface area (Å²) in [4.78, 5) is 16.0. The van der Waals surface area contributed by atoms with Gasteiger partial charge in [0.25, 0.3) is 5.91 Å². The zero-order chi connectivity index (χ0) is 12.5. The van der Waals surface area contributed by atoms with E-state index in [1.807, 2.05) is 13.8 Å². The first-order chi connectivity index (χ1) is 8.01. The number of pyridine rings is 1. The average molecular weight is 235 g/mol. The third kappa shape index (κ3) is 2.39. The fourth-order valence-corrected chi connectivity index (χ4v) is 1.86. The highest BCUT2D eigenvalue weighted by molar-refractivity contribution is 5.93. The largest absolute Gasteiger partial charge is 0.397 e. The Hall–Kier alpha value is -1.62. The van der Waals surface area contributed by atoms with E-state index in [0.29, 0.717) is 18.0 Å². The van der Waals surface area contributed by atoms with Gasteiger partial charge in [-0.05, 0) is 32.4 Å². The van der Waals surface area contributed by atoms with Gasteiger partial charge in [0.1, 0.15) is 5.69 Å². The lowest BCUT2D eigenvalue weighted by atomic mass is 9.94. The van der Waals surface area contributed by atoms with Crippen molar-refractivity contribution in [3.05, 3.63) is 24.0 Å². The molecule has 0 saturated carbocycles. The number of nitrogen functional groups attached to an aromatic ring is 1. The third-order valence-electron chi connectivity index (χ3n) is 3.30. The van der Waals surface area contributed by atoms with Gasteiger partial charge in [0, 0.05) is 6.61 Å². The van der Waals surface area contributed by atoms with Crippen LogP contribution < -0.4 is 11.1 Å². The van der Waals surface area contributed by atoms with Crippen LogP contribution in [0.15, 0.2) is 18.3 Å². The lowest BCUT2D eigenvalue weighted by Gasteiger charge is -2.28. The second kappa shape index (κ2) is 4.33. The number of aromatic nitrogens is 1. The molecule has 3 N–H and O–H groups in total. The molecule has 17 heavy (non-hydrogen) atoms. The predicted molar refractivity (Wildman–Crippen MR) is 64.6 cm³/mol. The minimum absolute atomic E-state index is 0.0141. The van der Waals surface area contributed by atoms with Gasteiger partial charge in [0.05, 0.1) is 23.5 Å². The first-order valence-corrected chi connectivity index (χ1v) is 5.67. The minimum Gasteiger partial charge on any atom is -0.397 e. The highest BCUT2D eigenvalue weighted by Crippen LogP contribution is 2.25. The molecule has 2 heterocycles. The van der Waals surface area contributed by atoms with Crippen LogP contribution in [0.4, 0.5) is 5.69 Å². The van der Waals surface area contributed by atoms with E-state index < -0.39 is 0 Å². The smallest absolute Gasteiger partial charge is 0.270 e. The van der Waals surface area contributed by atoms with Crippen LogP contribution in [0.1, 0.15) is 30.8 Å². The maximum Gasteiger partial charge on any atom is 0.270 e. The molecule has 1 fully saturated rings. The molecule has 2 unspecified atom stereocenters. The van der Waals surface area contributed by atoms with Gasteiger partial charge in [0.2, 0.25) is 0 Å². The minimum atomic E-state index is -0.319. The Bertz CT molecular complexity index is 418. The van der Waals surface area contributed by atoms with Crippen molar-refractivity contribution in [2.75, 3.05) is 12.3 Å². The molecule has 1 amide bonds. The Morgan fingerprint density at radius 2 is 2.41 bits per heavy atom. The molecule has 1 aliphatic rings. The Kier molecular flexibility index (Phi) is 3.02. The van der Waals surface area contributed by atoms with E-state index >= 15 is 0 Å². The zero-order valence-corrected chi connectivity index (χ0v) is 10.1. The summed E-state index contributed by atoms with van der Waals surface area (Å²) in [7, 11) is 0. The monoisotopic (exact) mass is 235 g/mol. The highest BCUT2D eigenvalue weighted by Gasteiger charge is 2.38. The molecule has 1 aromatic rings. The molecule has 2 rings (SSSR count). The van der Waals surface area contributed by atoms with Gasteiger partial charge in [-0.1, -0.05) is 0 Å². The molecular weight excluding hydrogens is 218 g/mol. The molecular formula is C12H17N3O2. The average Bonchev–Trinajstić information content (AvgIpc) is 2.60. The third-order valence-corrected chi connectivity index (χ3v) is 3.30. The van der Waals surface area contributed by atoms with Gasteiger partial charge in [-0.2, -0.15) is 0 Å². The normalized spacial score (nSPS) is 28.0. The number of carbonyl (C=O) groups excluding carboxylic acids is 1. The van der Waals surface area contributed by atoms with E-state index in [-0.39, 0.29) is 17.6 Å². The maximum absolute atomic E-state index is 12.0. The number of carbonyl (C=O) groups is 1. The number of nitrogens with zero attached hydrogens (tertiary/aromatic N) is 1. The molecule has 0 spiro atoms. The second-order valence-corrected chi connectivity index (χ2v) is 4.61. The zero-order valence-electron chi connectivity index (χ0n) is 10.1. The van der Waals surface area contributed by atoms with Gasteiger partial charge in [-0.3, -0.25) is 4.79 Å². The standard InChI is InChI=1S/C12H17N3O2/c1-8-12(2,5-6-17-8)15-11(16)10-4-3-9(13)7-14-10/h3-4,7-8H,5-6,13H2,1-2H3,(H,15,16). The number of amides is 1. The number of nitrogens with two attached hydrogens (primary N) is 1. The molecule has 0 aliphatic carbocycles. The van der Waals surface area contributed by atoms with E-state index in [0.717, 1.165) is 6.42 Å². The van der Waals surface area contributed by atoms with Gasteiger partial charge in [-0.25, -0.2) is 4.98 Å². The van der Waals surface area contributed by atoms with E-state index in [9.17, 15) is 4.79 Å². The van der Waals surface area contributed by atoms with Crippen molar-refractivity contribution in [2.45, 2.75) is 31.9 Å². The van der Waals surface area contributed by atoms with Gasteiger partial charge in [-0.15, -0.1) is 0 Å². The molecule has 92 valence electrons. The van der Waals surface area contributed by atoms with Crippen LogP contribution in [-0.2, 0) is 4.74 Å². The number of hydrogen-bond acceptors (Lipinski definition) is 4. The van der Waals surface area contributed by atoms with E-state index in [4.69, 9.17) is 10.5 Å². The number of nitrogens with one attached hydrogen (secondary N) is 1. The van der Waals surface area contributed by atoms with Crippen molar-refractivity contribution in [3.63, 3.8) is 0 Å². The Balaban J connectivity index is 2.09. The molecule has 0 bridgehead atoms. The molecule has 2 atom stereocenters. The molecule has 0 aromatic carbocycles. The lowest BCUT2D eigenvalue weighted by molar-refractivity contribution is 0.0724. The molecule has 5 heteroatoms. The SMILES string of the molecule is CC1OCCC1(C)NC(=O)c1ccc(N)cn1. The van der Waals surface area contributed by atoms with E-state index in [1.165, 1.54) is 6.20 Å². The van der Waals surface area contributed by atoms with Crippen LogP contribution in [0.5, 0.6) is 0 Å².